The zero-order chi connectivity index (χ0) is 20.2. The highest BCUT2D eigenvalue weighted by Gasteiger charge is 2.23. The third-order valence-electron chi connectivity index (χ3n) is 3.83. The summed E-state index contributed by atoms with van der Waals surface area (Å²) in [4.78, 5) is 4.44. The lowest BCUT2D eigenvalue weighted by molar-refractivity contribution is 0.368. The van der Waals surface area contributed by atoms with Crippen molar-refractivity contribution < 1.29 is 17.8 Å². The first-order chi connectivity index (χ1) is 14.2. The summed E-state index contributed by atoms with van der Waals surface area (Å²) in [5.41, 5.74) is 1.25. The standard InChI is InChI=1S/C18H12FN5O3S2/c1-25-13-3-2-4-14-15(13)21-18(28-14)24(29-19)17-23-22-16(27-17)11-5-7-12(8-6-11)26-10-9-20/h2-8H,10H2,1H3. The van der Waals surface area contributed by atoms with E-state index in [0.717, 1.165) is 9.01 Å². The van der Waals surface area contributed by atoms with E-state index in [2.05, 4.69) is 15.2 Å². The smallest absolute Gasteiger partial charge is 0.337 e. The van der Waals surface area contributed by atoms with Crippen LogP contribution in [0.3, 0.4) is 0 Å². The first-order valence-corrected chi connectivity index (χ1v) is 9.68. The van der Waals surface area contributed by atoms with Crippen molar-refractivity contribution in [3.8, 4) is 29.0 Å². The number of aromatic nitrogens is 3. The third kappa shape index (κ3) is 3.80. The van der Waals surface area contributed by atoms with Crippen LogP contribution in [0.4, 0.5) is 15.0 Å². The van der Waals surface area contributed by atoms with Gasteiger partial charge in [0.25, 0.3) is 0 Å². The van der Waals surface area contributed by atoms with E-state index in [0.29, 0.717) is 27.7 Å². The molecule has 0 N–H and O–H groups in total. The molecule has 11 heteroatoms. The lowest BCUT2D eigenvalue weighted by Gasteiger charge is -2.08. The molecular formula is C18H12FN5O3S2. The van der Waals surface area contributed by atoms with Crippen molar-refractivity contribution in [1.29, 1.82) is 5.26 Å². The summed E-state index contributed by atoms with van der Waals surface area (Å²) in [5.74, 6) is 1.35. The average Bonchev–Trinajstić information content (AvgIpc) is 3.40. The molecular weight excluding hydrogens is 417 g/mol. The van der Waals surface area contributed by atoms with Crippen LogP contribution in [-0.2, 0) is 0 Å². The monoisotopic (exact) mass is 429 g/mol. The highest BCUT2D eigenvalue weighted by Crippen LogP contribution is 2.40. The van der Waals surface area contributed by atoms with Gasteiger partial charge in [0.2, 0.25) is 11.0 Å². The van der Waals surface area contributed by atoms with Crippen molar-refractivity contribution in [3.05, 3.63) is 42.5 Å². The van der Waals surface area contributed by atoms with E-state index in [1.165, 1.54) is 11.3 Å². The fourth-order valence-corrected chi connectivity index (χ4v) is 3.84. The van der Waals surface area contributed by atoms with Crippen LogP contribution in [0.25, 0.3) is 21.7 Å². The lowest BCUT2D eigenvalue weighted by atomic mass is 10.2. The Hall–Kier alpha value is -3.36. The first-order valence-electron chi connectivity index (χ1n) is 8.19. The number of fused-ring (bicyclic) bond motifs is 1. The highest BCUT2D eigenvalue weighted by molar-refractivity contribution is 7.96. The molecule has 0 bridgehead atoms. The normalized spacial score (nSPS) is 10.7. The van der Waals surface area contributed by atoms with E-state index in [1.807, 2.05) is 18.2 Å². The minimum Gasteiger partial charge on any atom is -0.494 e. The molecule has 4 aromatic rings. The molecule has 2 heterocycles. The van der Waals surface area contributed by atoms with E-state index in [-0.39, 0.29) is 30.8 Å². The number of nitrogens with zero attached hydrogens (tertiary/aromatic N) is 5. The van der Waals surface area contributed by atoms with Gasteiger partial charge in [0, 0.05) is 5.56 Å². The number of hydrogen-bond acceptors (Lipinski definition) is 10. The minimum atomic E-state index is -0.0816. The second kappa shape index (κ2) is 8.34. The molecule has 0 aliphatic heterocycles. The molecule has 2 aromatic carbocycles. The Morgan fingerprint density at radius 1 is 1.24 bits per heavy atom. The third-order valence-corrected chi connectivity index (χ3v) is 5.41. The zero-order valence-corrected chi connectivity index (χ0v) is 16.5. The minimum absolute atomic E-state index is 0.0420. The number of thiazole rings is 1. The summed E-state index contributed by atoms with van der Waals surface area (Å²) in [7, 11) is 1.55. The van der Waals surface area contributed by atoms with E-state index in [9.17, 15) is 3.89 Å². The van der Waals surface area contributed by atoms with E-state index < -0.39 is 0 Å². The number of anilines is 2. The molecule has 2 aromatic heterocycles. The van der Waals surface area contributed by atoms with Crippen LogP contribution in [0, 0.1) is 11.3 Å². The van der Waals surface area contributed by atoms with Gasteiger partial charge in [-0.15, -0.1) is 8.98 Å². The van der Waals surface area contributed by atoms with Gasteiger partial charge in [-0.05, 0) is 36.4 Å². The average molecular weight is 429 g/mol. The molecule has 0 fully saturated rings. The molecule has 0 radical (unpaired) electrons. The molecule has 0 aliphatic carbocycles. The predicted octanol–water partition coefficient (Wildman–Crippen LogP) is 4.93. The molecule has 29 heavy (non-hydrogen) atoms. The van der Waals surface area contributed by atoms with Crippen LogP contribution >= 0.6 is 23.7 Å². The maximum absolute atomic E-state index is 13.7. The van der Waals surface area contributed by atoms with Gasteiger partial charge in [-0.2, -0.15) is 9.57 Å². The Labute approximate surface area is 172 Å². The molecule has 146 valence electrons. The van der Waals surface area contributed by atoms with Crippen molar-refractivity contribution in [2.24, 2.45) is 0 Å². The highest BCUT2D eigenvalue weighted by atomic mass is 32.2. The zero-order valence-electron chi connectivity index (χ0n) is 14.9. The second-order valence-electron chi connectivity index (χ2n) is 5.53. The number of rotatable bonds is 7. The second-order valence-corrected chi connectivity index (χ2v) is 7.04. The van der Waals surface area contributed by atoms with Gasteiger partial charge < -0.3 is 13.9 Å². The Bertz CT molecular complexity index is 1170. The largest absolute Gasteiger partial charge is 0.494 e. The number of hydrogen-bond donors (Lipinski definition) is 0. The van der Waals surface area contributed by atoms with Crippen LogP contribution in [0.2, 0.25) is 0 Å². The summed E-state index contributed by atoms with van der Waals surface area (Å²) in [6.07, 6.45) is 0. The van der Waals surface area contributed by atoms with Gasteiger partial charge in [0.1, 0.15) is 23.1 Å². The Balaban J connectivity index is 1.61. The van der Waals surface area contributed by atoms with Crippen LogP contribution < -0.4 is 13.8 Å². The molecule has 0 aliphatic rings. The van der Waals surface area contributed by atoms with Crippen LogP contribution in [-0.4, -0.2) is 28.9 Å². The fraction of sp³-hybridized carbons (Fsp3) is 0.111. The topological polar surface area (TPSA) is 97.3 Å². The van der Waals surface area contributed by atoms with Crippen molar-refractivity contribution in [2.45, 2.75) is 0 Å². The van der Waals surface area contributed by atoms with Gasteiger partial charge in [-0.3, -0.25) is 0 Å². The molecule has 0 atom stereocenters. The number of methoxy groups -OCH3 is 1. The van der Waals surface area contributed by atoms with Gasteiger partial charge in [0.15, 0.2) is 18.9 Å². The maximum Gasteiger partial charge on any atom is 0.337 e. The van der Waals surface area contributed by atoms with Gasteiger partial charge in [0.05, 0.1) is 11.8 Å². The molecule has 8 nitrogen and oxygen atoms in total. The molecule has 0 unspecified atom stereocenters. The number of benzene rings is 2. The maximum atomic E-state index is 13.7. The summed E-state index contributed by atoms with van der Waals surface area (Å²) < 4.78 is 31.8. The SMILES string of the molecule is COc1cccc2sc(N(SF)c3nnc(-c4ccc(OCC#N)cc4)o3)nc12. The molecule has 0 amide bonds. The van der Waals surface area contributed by atoms with Gasteiger partial charge in [-0.1, -0.05) is 22.5 Å². The summed E-state index contributed by atoms with van der Waals surface area (Å²) in [5, 5.41) is 16.8. The van der Waals surface area contributed by atoms with E-state index in [4.69, 9.17) is 19.2 Å². The first kappa shape index (κ1) is 19.0. The fourth-order valence-electron chi connectivity index (χ4n) is 2.53. The van der Waals surface area contributed by atoms with Crippen LogP contribution in [0.1, 0.15) is 0 Å². The molecule has 0 saturated heterocycles. The molecule has 0 spiro atoms. The number of nitriles is 1. The Morgan fingerprint density at radius 3 is 2.79 bits per heavy atom. The van der Waals surface area contributed by atoms with E-state index in [1.54, 1.807) is 37.4 Å². The van der Waals surface area contributed by atoms with Gasteiger partial charge in [-0.25, -0.2) is 4.98 Å². The summed E-state index contributed by atoms with van der Waals surface area (Å²) in [6.45, 7) is -0.0420. The Kier molecular flexibility index (Phi) is 5.46. The summed E-state index contributed by atoms with van der Waals surface area (Å²) in [6, 6.07) is 14.1. The molecule has 4 rings (SSSR count). The van der Waals surface area contributed by atoms with Crippen molar-refractivity contribution in [1.82, 2.24) is 15.2 Å². The summed E-state index contributed by atoms with van der Waals surface area (Å²) >= 11 is 1.19. The lowest BCUT2D eigenvalue weighted by Crippen LogP contribution is -2.04. The number of halogens is 1. The quantitative estimate of drug-likeness (QED) is 0.379. The van der Waals surface area contributed by atoms with Gasteiger partial charge >= 0.3 is 6.01 Å². The van der Waals surface area contributed by atoms with Crippen LogP contribution in [0.5, 0.6) is 11.5 Å². The molecule has 0 saturated carbocycles. The number of para-hydroxylation sites is 1. The van der Waals surface area contributed by atoms with Crippen molar-refractivity contribution >= 4 is 45.0 Å². The Morgan fingerprint density at radius 2 is 2.07 bits per heavy atom. The van der Waals surface area contributed by atoms with Crippen molar-refractivity contribution in [2.75, 3.05) is 18.0 Å². The van der Waals surface area contributed by atoms with Crippen LogP contribution in [0.15, 0.2) is 46.9 Å². The predicted molar refractivity (Wildman–Crippen MR) is 108 cm³/mol. The van der Waals surface area contributed by atoms with Crippen molar-refractivity contribution in [3.63, 3.8) is 0 Å². The van der Waals surface area contributed by atoms with E-state index >= 15 is 0 Å². The number of ether oxygens (including phenoxy) is 2.